The molecule has 2 aromatic rings. The fourth-order valence-electron chi connectivity index (χ4n) is 2.19. The van der Waals surface area contributed by atoms with Crippen LogP contribution in [-0.4, -0.2) is 46.6 Å². The molecule has 0 bridgehead atoms. The monoisotopic (exact) mass is 357 g/mol. The summed E-state index contributed by atoms with van der Waals surface area (Å²) < 4.78 is 23.7. The van der Waals surface area contributed by atoms with Gasteiger partial charge >= 0.3 is 0 Å². The number of aliphatic hydroxyl groups is 1. The number of sulfone groups is 1. The van der Waals surface area contributed by atoms with Gasteiger partial charge in [-0.3, -0.25) is 0 Å². The number of aliphatic hydroxyl groups excluding tert-OH is 1. The number of hydrogen-bond donors (Lipinski definition) is 2. The summed E-state index contributed by atoms with van der Waals surface area (Å²) >= 11 is 2.62. The molecule has 1 fully saturated rings. The van der Waals surface area contributed by atoms with Gasteiger partial charge in [0.2, 0.25) is 5.13 Å². The predicted molar refractivity (Wildman–Crippen MR) is 88.7 cm³/mol. The fraction of sp³-hybridized carbons (Fsp3) is 0.385. The van der Waals surface area contributed by atoms with Crippen molar-refractivity contribution in [1.29, 1.82) is 0 Å². The van der Waals surface area contributed by atoms with Crippen LogP contribution in [0.25, 0.3) is 0 Å². The number of aryl methyl sites for hydroxylation is 1. The van der Waals surface area contributed by atoms with Crippen LogP contribution in [-0.2, 0) is 9.84 Å². The minimum absolute atomic E-state index is 0.0148. The van der Waals surface area contributed by atoms with Crippen LogP contribution in [0.3, 0.4) is 0 Å². The Labute approximate surface area is 136 Å². The molecule has 2 atom stereocenters. The van der Waals surface area contributed by atoms with E-state index in [4.69, 9.17) is 0 Å². The van der Waals surface area contributed by atoms with Crippen LogP contribution < -0.4 is 5.32 Å². The van der Waals surface area contributed by atoms with E-state index in [1.807, 2.05) is 31.2 Å². The summed E-state index contributed by atoms with van der Waals surface area (Å²) in [6, 6.07) is 7.90. The van der Waals surface area contributed by atoms with Crippen molar-refractivity contribution in [3.05, 3.63) is 29.8 Å². The molecule has 0 saturated carbocycles. The Hall–Kier alpha value is -1.16. The lowest BCUT2D eigenvalue weighted by molar-refractivity contribution is 0.207. The first-order chi connectivity index (χ1) is 10.4. The Morgan fingerprint density at radius 2 is 2.18 bits per heavy atom. The molecule has 1 aliphatic rings. The molecule has 1 saturated heterocycles. The van der Waals surface area contributed by atoms with Gasteiger partial charge in [-0.25, -0.2) is 8.42 Å². The number of anilines is 2. The number of nitrogens with zero attached hydrogens (tertiary/aromatic N) is 2. The molecule has 0 unspecified atom stereocenters. The molecule has 9 heteroatoms. The zero-order valence-corrected chi connectivity index (χ0v) is 14.2. The second kappa shape index (κ2) is 6.15. The quantitative estimate of drug-likeness (QED) is 0.862. The van der Waals surface area contributed by atoms with E-state index in [9.17, 15) is 13.5 Å². The van der Waals surface area contributed by atoms with Crippen molar-refractivity contribution in [3.63, 3.8) is 0 Å². The average molecular weight is 357 g/mol. The van der Waals surface area contributed by atoms with E-state index in [0.717, 1.165) is 11.3 Å². The van der Waals surface area contributed by atoms with Crippen molar-refractivity contribution < 1.29 is 13.5 Å². The summed E-state index contributed by atoms with van der Waals surface area (Å²) in [7, 11) is -3.14. The smallest absolute Gasteiger partial charge is 0.210 e. The minimum Gasteiger partial charge on any atom is -0.391 e. The van der Waals surface area contributed by atoms with E-state index in [0.29, 0.717) is 9.47 Å². The highest BCUT2D eigenvalue weighted by Crippen LogP contribution is 2.35. The van der Waals surface area contributed by atoms with Gasteiger partial charge in [0.1, 0.15) is 0 Å². The molecule has 0 amide bonds. The number of hydrogen-bond acceptors (Lipinski definition) is 8. The minimum atomic E-state index is -3.14. The Morgan fingerprint density at radius 1 is 1.36 bits per heavy atom. The Morgan fingerprint density at radius 3 is 2.86 bits per heavy atom. The predicted octanol–water partition coefficient (Wildman–Crippen LogP) is 1.84. The maximum Gasteiger partial charge on any atom is 0.210 e. The number of aromatic nitrogens is 2. The molecule has 0 radical (unpaired) electrons. The largest absolute Gasteiger partial charge is 0.391 e. The van der Waals surface area contributed by atoms with E-state index < -0.39 is 15.9 Å². The summed E-state index contributed by atoms with van der Waals surface area (Å²) in [5.74, 6) is -0.184. The lowest BCUT2D eigenvalue weighted by Gasteiger charge is -2.08. The van der Waals surface area contributed by atoms with E-state index in [-0.39, 0.29) is 16.8 Å². The second-order valence-corrected chi connectivity index (χ2v) is 9.79. The van der Waals surface area contributed by atoms with Crippen molar-refractivity contribution in [1.82, 2.24) is 10.2 Å². The molecular weight excluding hydrogens is 342 g/mol. The lowest BCUT2D eigenvalue weighted by Crippen LogP contribution is -2.19. The van der Waals surface area contributed by atoms with Gasteiger partial charge in [0.25, 0.3) is 0 Å². The van der Waals surface area contributed by atoms with Gasteiger partial charge in [-0.2, -0.15) is 0 Å². The van der Waals surface area contributed by atoms with Crippen molar-refractivity contribution in [2.75, 3.05) is 16.8 Å². The molecule has 2 heterocycles. The molecule has 118 valence electrons. The topological polar surface area (TPSA) is 92.2 Å². The third-order valence-electron chi connectivity index (χ3n) is 3.20. The van der Waals surface area contributed by atoms with E-state index in [1.165, 1.54) is 23.1 Å². The van der Waals surface area contributed by atoms with E-state index in [2.05, 4.69) is 15.5 Å². The van der Waals surface area contributed by atoms with Gasteiger partial charge in [-0.15, -0.1) is 10.2 Å². The first kappa shape index (κ1) is 15.7. The normalized spacial score (nSPS) is 23.5. The van der Waals surface area contributed by atoms with Crippen LogP contribution in [0.15, 0.2) is 28.6 Å². The van der Waals surface area contributed by atoms with Crippen LogP contribution in [0.5, 0.6) is 0 Å². The Kier molecular flexibility index (Phi) is 4.40. The van der Waals surface area contributed by atoms with Gasteiger partial charge in [0.05, 0.1) is 22.9 Å². The third-order valence-corrected chi connectivity index (χ3v) is 7.37. The van der Waals surface area contributed by atoms with Crippen LogP contribution in [0.4, 0.5) is 10.8 Å². The fourth-order valence-corrected chi connectivity index (χ4v) is 6.72. The molecule has 6 nitrogen and oxygen atoms in total. The van der Waals surface area contributed by atoms with Crippen molar-refractivity contribution in [2.45, 2.75) is 22.6 Å². The molecule has 1 aromatic heterocycles. The zero-order valence-electron chi connectivity index (χ0n) is 11.8. The summed E-state index contributed by atoms with van der Waals surface area (Å²) in [4.78, 5) is 0. The molecule has 2 N–H and O–H groups in total. The standard InChI is InChI=1S/C13H15N3O3S3/c1-8-3-2-4-9(5-8)14-12-15-16-13(21-12)20-11-7-22(18,19)6-10(11)17/h2-5,10-11,17H,6-7H2,1H3,(H,14,15)/t10-,11+/m1/s1. The molecule has 0 spiro atoms. The van der Waals surface area contributed by atoms with Crippen molar-refractivity contribution in [3.8, 4) is 0 Å². The summed E-state index contributed by atoms with van der Waals surface area (Å²) in [5, 5.41) is 21.3. The maximum atomic E-state index is 11.5. The Bertz CT molecular complexity index is 776. The summed E-state index contributed by atoms with van der Waals surface area (Å²) in [6.45, 7) is 2.01. The highest BCUT2D eigenvalue weighted by Gasteiger charge is 2.37. The van der Waals surface area contributed by atoms with Gasteiger partial charge < -0.3 is 10.4 Å². The van der Waals surface area contributed by atoms with E-state index >= 15 is 0 Å². The van der Waals surface area contributed by atoms with E-state index in [1.54, 1.807) is 0 Å². The Balaban J connectivity index is 1.67. The van der Waals surface area contributed by atoms with Crippen LogP contribution in [0, 0.1) is 6.92 Å². The summed E-state index contributed by atoms with van der Waals surface area (Å²) in [5.41, 5.74) is 2.07. The van der Waals surface area contributed by atoms with Gasteiger partial charge in [0.15, 0.2) is 14.2 Å². The summed E-state index contributed by atoms with van der Waals surface area (Å²) in [6.07, 6.45) is -0.841. The SMILES string of the molecule is Cc1cccc(Nc2nnc(S[C@H]3CS(=O)(=O)C[C@H]3O)s2)c1. The first-order valence-corrected chi connectivity index (χ1v) is 10.2. The molecule has 3 rings (SSSR count). The average Bonchev–Trinajstić information content (AvgIpc) is 2.94. The molecule has 1 aliphatic heterocycles. The van der Waals surface area contributed by atoms with Crippen molar-refractivity contribution >= 4 is 43.8 Å². The zero-order chi connectivity index (χ0) is 15.7. The molecule has 22 heavy (non-hydrogen) atoms. The number of rotatable bonds is 4. The highest BCUT2D eigenvalue weighted by atomic mass is 32.2. The van der Waals surface area contributed by atoms with Crippen LogP contribution in [0.2, 0.25) is 0 Å². The molecular formula is C13H15N3O3S3. The second-order valence-electron chi connectivity index (χ2n) is 5.17. The van der Waals surface area contributed by atoms with Crippen molar-refractivity contribution in [2.24, 2.45) is 0 Å². The van der Waals surface area contributed by atoms with Crippen LogP contribution in [0.1, 0.15) is 5.56 Å². The van der Waals surface area contributed by atoms with Gasteiger partial charge in [-0.1, -0.05) is 35.2 Å². The number of thioether (sulfide) groups is 1. The lowest BCUT2D eigenvalue weighted by atomic mass is 10.2. The highest BCUT2D eigenvalue weighted by molar-refractivity contribution is 8.03. The van der Waals surface area contributed by atoms with Gasteiger partial charge in [-0.05, 0) is 24.6 Å². The van der Waals surface area contributed by atoms with Crippen LogP contribution >= 0.6 is 23.1 Å². The molecule has 1 aromatic carbocycles. The molecule has 0 aliphatic carbocycles. The number of nitrogens with one attached hydrogen (secondary N) is 1. The van der Waals surface area contributed by atoms with Gasteiger partial charge in [0, 0.05) is 5.69 Å². The maximum absolute atomic E-state index is 11.5. The first-order valence-electron chi connectivity index (χ1n) is 6.64. The number of benzene rings is 1. The third kappa shape index (κ3) is 3.78.